The van der Waals surface area contributed by atoms with Crippen LogP contribution in [0.1, 0.15) is 5.69 Å². The molecule has 206 valence electrons. The quantitative estimate of drug-likeness (QED) is 0.206. The molecule has 0 unspecified atom stereocenters. The van der Waals surface area contributed by atoms with Crippen LogP contribution < -0.4 is 0 Å². The largest absolute Gasteiger partial charge is 0.301 e. The van der Waals surface area contributed by atoms with Crippen LogP contribution in [0.15, 0.2) is 108 Å². The Morgan fingerprint density at radius 2 is 1.51 bits per heavy atom. The summed E-state index contributed by atoms with van der Waals surface area (Å²) in [6.45, 7) is 2.80. The third-order valence-electron chi connectivity index (χ3n) is 7.63. The number of nitrogens with zero attached hydrogens (tertiary/aromatic N) is 4. The van der Waals surface area contributed by atoms with Gasteiger partial charge in [0.2, 0.25) is 10.0 Å². The van der Waals surface area contributed by atoms with E-state index < -0.39 is 10.0 Å². The predicted molar refractivity (Wildman–Crippen MR) is 167 cm³/mol. The monoisotopic (exact) mass is 598 g/mol. The number of fused-ring (bicyclic) bond motifs is 2. The molecular formula is C32H27ClN4O2S2. The van der Waals surface area contributed by atoms with Crippen molar-refractivity contribution >= 4 is 48.7 Å². The van der Waals surface area contributed by atoms with E-state index in [4.69, 9.17) is 16.6 Å². The molecule has 3 aromatic carbocycles. The normalized spacial score (nSPS) is 15.1. The number of piperazine rings is 1. The SMILES string of the molecule is O=S(=O)(c1ccccc1)N1CCN(Cc2c(-c3ccc(Cl)cc3)nc3ccc(-c4cc5ccccc5s4)cn23)CC1. The Labute approximate surface area is 248 Å². The Hall–Kier alpha value is -3.53. The van der Waals surface area contributed by atoms with E-state index in [1.165, 1.54) is 15.0 Å². The Kier molecular flexibility index (Phi) is 6.89. The van der Waals surface area contributed by atoms with Crippen LogP contribution in [-0.4, -0.2) is 53.2 Å². The maximum Gasteiger partial charge on any atom is 0.243 e. The van der Waals surface area contributed by atoms with E-state index in [1.54, 1.807) is 39.9 Å². The minimum Gasteiger partial charge on any atom is -0.301 e. The van der Waals surface area contributed by atoms with Crippen LogP contribution >= 0.6 is 22.9 Å². The first-order valence-corrected chi connectivity index (χ1v) is 16.1. The third-order valence-corrected chi connectivity index (χ3v) is 11.0. The summed E-state index contributed by atoms with van der Waals surface area (Å²) < 4.78 is 31.4. The lowest BCUT2D eigenvalue weighted by atomic mass is 10.1. The summed E-state index contributed by atoms with van der Waals surface area (Å²) in [5, 5.41) is 1.92. The first-order chi connectivity index (χ1) is 20.0. The summed E-state index contributed by atoms with van der Waals surface area (Å²) in [5.74, 6) is 0. The molecule has 1 aliphatic rings. The molecule has 7 rings (SSSR count). The molecule has 41 heavy (non-hydrogen) atoms. The van der Waals surface area contributed by atoms with Gasteiger partial charge >= 0.3 is 0 Å². The second-order valence-corrected chi connectivity index (χ2v) is 13.7. The van der Waals surface area contributed by atoms with Crippen LogP contribution in [0.2, 0.25) is 5.02 Å². The molecule has 4 heterocycles. The average Bonchev–Trinajstić information content (AvgIpc) is 3.60. The van der Waals surface area contributed by atoms with E-state index in [1.807, 2.05) is 30.3 Å². The highest BCUT2D eigenvalue weighted by molar-refractivity contribution is 7.89. The number of imidazole rings is 1. The van der Waals surface area contributed by atoms with Crippen LogP contribution in [0.25, 0.3) is 37.4 Å². The molecule has 3 aromatic heterocycles. The van der Waals surface area contributed by atoms with E-state index >= 15 is 0 Å². The maximum absolute atomic E-state index is 13.2. The Balaban J connectivity index is 1.22. The number of halogens is 1. The zero-order chi connectivity index (χ0) is 28.0. The fraction of sp³-hybridized carbons (Fsp3) is 0.156. The molecule has 6 aromatic rings. The molecule has 0 aliphatic carbocycles. The second kappa shape index (κ2) is 10.7. The van der Waals surface area contributed by atoms with Crippen LogP contribution in [-0.2, 0) is 16.6 Å². The third kappa shape index (κ3) is 5.07. The molecule has 0 bridgehead atoms. The standard InChI is InChI=1S/C32H27ClN4O2S2/c33-26-13-10-23(11-14-26)32-28(22-35-16-18-36(19-17-35)41(38,39)27-7-2-1-3-8-27)37-21-25(12-15-31(37)34-32)30-20-24-6-4-5-9-29(24)40-30/h1-15,20-21H,16-19,22H2. The minimum atomic E-state index is -3.51. The molecule has 9 heteroatoms. The molecule has 0 atom stereocenters. The van der Waals surface area contributed by atoms with Gasteiger partial charge in [-0.3, -0.25) is 4.90 Å². The molecule has 0 radical (unpaired) electrons. The molecule has 1 fully saturated rings. The minimum absolute atomic E-state index is 0.342. The molecule has 0 amide bonds. The van der Waals surface area contributed by atoms with E-state index in [2.05, 4.69) is 58.0 Å². The maximum atomic E-state index is 13.2. The number of hydrogen-bond acceptors (Lipinski definition) is 5. The number of rotatable bonds is 6. The Bertz CT molecular complexity index is 1930. The van der Waals surface area contributed by atoms with Crippen molar-refractivity contribution in [1.29, 1.82) is 0 Å². The van der Waals surface area contributed by atoms with Crippen molar-refractivity contribution in [1.82, 2.24) is 18.6 Å². The fourth-order valence-corrected chi connectivity index (χ4v) is 8.06. The summed E-state index contributed by atoms with van der Waals surface area (Å²) in [6, 6.07) is 31.4. The molecule has 1 saturated heterocycles. The molecule has 1 aliphatic heterocycles. The van der Waals surface area contributed by atoms with Gasteiger partial charge in [0.15, 0.2) is 0 Å². The first kappa shape index (κ1) is 26.4. The molecule has 0 spiro atoms. The highest BCUT2D eigenvalue weighted by Crippen LogP contribution is 2.35. The molecular weight excluding hydrogens is 572 g/mol. The smallest absolute Gasteiger partial charge is 0.243 e. The molecule has 0 saturated carbocycles. The molecule has 6 nitrogen and oxygen atoms in total. The van der Waals surface area contributed by atoms with Crippen LogP contribution in [0.5, 0.6) is 0 Å². The van der Waals surface area contributed by atoms with Crippen molar-refractivity contribution in [3.8, 4) is 21.7 Å². The van der Waals surface area contributed by atoms with Gasteiger partial charge < -0.3 is 4.40 Å². The highest BCUT2D eigenvalue weighted by atomic mass is 35.5. The number of thiophene rings is 1. The summed E-state index contributed by atoms with van der Waals surface area (Å²) in [6.07, 6.45) is 2.18. The number of sulfonamides is 1. The van der Waals surface area contributed by atoms with Gasteiger partial charge in [-0.05, 0) is 53.9 Å². The lowest BCUT2D eigenvalue weighted by Gasteiger charge is -2.34. The van der Waals surface area contributed by atoms with Gasteiger partial charge in [-0.1, -0.05) is 60.1 Å². The van der Waals surface area contributed by atoms with Crippen LogP contribution in [0.3, 0.4) is 0 Å². The average molecular weight is 599 g/mol. The van der Waals surface area contributed by atoms with Gasteiger partial charge in [-0.2, -0.15) is 4.31 Å². The van der Waals surface area contributed by atoms with Gasteiger partial charge in [0.1, 0.15) is 5.65 Å². The Morgan fingerprint density at radius 1 is 0.805 bits per heavy atom. The topological polar surface area (TPSA) is 57.9 Å². The first-order valence-electron chi connectivity index (χ1n) is 13.5. The van der Waals surface area contributed by atoms with Gasteiger partial charge in [0, 0.05) is 64.6 Å². The highest BCUT2D eigenvalue weighted by Gasteiger charge is 2.29. The van der Waals surface area contributed by atoms with Gasteiger partial charge in [-0.15, -0.1) is 11.3 Å². The number of benzene rings is 3. The Morgan fingerprint density at radius 3 is 2.27 bits per heavy atom. The lowest BCUT2D eigenvalue weighted by molar-refractivity contribution is 0.180. The van der Waals surface area contributed by atoms with Crippen molar-refractivity contribution in [2.45, 2.75) is 11.4 Å². The summed E-state index contributed by atoms with van der Waals surface area (Å²) in [5.41, 5.74) is 5.00. The van der Waals surface area contributed by atoms with Gasteiger partial charge in [0.05, 0.1) is 16.3 Å². The van der Waals surface area contributed by atoms with Crippen LogP contribution in [0, 0.1) is 0 Å². The van der Waals surface area contributed by atoms with Crippen molar-refractivity contribution in [3.63, 3.8) is 0 Å². The van der Waals surface area contributed by atoms with Crippen molar-refractivity contribution in [3.05, 3.63) is 114 Å². The van der Waals surface area contributed by atoms with Gasteiger partial charge in [0.25, 0.3) is 0 Å². The van der Waals surface area contributed by atoms with Crippen molar-refractivity contribution < 1.29 is 8.42 Å². The van der Waals surface area contributed by atoms with E-state index in [0.29, 0.717) is 42.6 Å². The number of pyridine rings is 1. The van der Waals surface area contributed by atoms with E-state index in [-0.39, 0.29) is 0 Å². The summed E-state index contributed by atoms with van der Waals surface area (Å²) in [4.78, 5) is 8.90. The zero-order valence-electron chi connectivity index (χ0n) is 22.2. The summed E-state index contributed by atoms with van der Waals surface area (Å²) >= 11 is 7.99. The van der Waals surface area contributed by atoms with E-state index in [0.717, 1.165) is 28.2 Å². The van der Waals surface area contributed by atoms with Crippen molar-refractivity contribution in [2.24, 2.45) is 0 Å². The number of aromatic nitrogens is 2. The second-order valence-electron chi connectivity index (χ2n) is 10.2. The fourth-order valence-electron chi connectivity index (χ4n) is 5.43. The predicted octanol–water partition coefficient (Wildman–Crippen LogP) is 7.04. The van der Waals surface area contributed by atoms with E-state index in [9.17, 15) is 8.42 Å². The lowest BCUT2D eigenvalue weighted by Crippen LogP contribution is -2.48. The van der Waals surface area contributed by atoms with Crippen molar-refractivity contribution in [2.75, 3.05) is 26.2 Å². The number of hydrogen-bond donors (Lipinski definition) is 0. The van der Waals surface area contributed by atoms with Crippen LogP contribution in [0.4, 0.5) is 0 Å². The molecule has 0 N–H and O–H groups in total. The zero-order valence-corrected chi connectivity index (χ0v) is 24.5. The summed E-state index contributed by atoms with van der Waals surface area (Å²) in [7, 11) is -3.51. The van der Waals surface area contributed by atoms with Gasteiger partial charge in [-0.25, -0.2) is 13.4 Å².